The van der Waals surface area contributed by atoms with Crippen molar-refractivity contribution in [1.29, 1.82) is 0 Å². The van der Waals surface area contributed by atoms with Crippen LogP contribution in [0.4, 0.5) is 10.1 Å². The summed E-state index contributed by atoms with van der Waals surface area (Å²) in [6.45, 7) is 1.62. The lowest BCUT2D eigenvalue weighted by Gasteiger charge is -2.08. The number of anilines is 1. The van der Waals surface area contributed by atoms with Crippen molar-refractivity contribution in [2.24, 2.45) is 0 Å². The van der Waals surface area contributed by atoms with Gasteiger partial charge in [0.25, 0.3) is 5.91 Å². The molecule has 0 atom stereocenters. The lowest BCUT2D eigenvalue weighted by molar-refractivity contribution is -0.149. The van der Waals surface area contributed by atoms with Gasteiger partial charge in [0, 0.05) is 5.69 Å². The van der Waals surface area contributed by atoms with Gasteiger partial charge in [0.05, 0.1) is 6.61 Å². The van der Waals surface area contributed by atoms with Gasteiger partial charge < -0.3 is 19.5 Å². The van der Waals surface area contributed by atoms with Crippen LogP contribution in [0.15, 0.2) is 48.5 Å². The first-order valence-electron chi connectivity index (χ1n) is 7.63. The van der Waals surface area contributed by atoms with Gasteiger partial charge in [-0.3, -0.25) is 4.79 Å². The molecule has 0 unspecified atom stereocenters. The molecule has 132 valence electrons. The molecule has 2 aromatic carbocycles. The van der Waals surface area contributed by atoms with Gasteiger partial charge >= 0.3 is 5.97 Å². The number of nitrogens with one attached hydrogen (secondary N) is 1. The Hall–Kier alpha value is -3.09. The van der Waals surface area contributed by atoms with Crippen molar-refractivity contribution >= 4 is 17.6 Å². The predicted octanol–water partition coefficient (Wildman–Crippen LogP) is 2.79. The molecule has 0 radical (unpaired) electrons. The smallest absolute Gasteiger partial charge is 0.344 e. The third kappa shape index (κ3) is 6.50. The Bertz CT molecular complexity index is 718. The van der Waals surface area contributed by atoms with Gasteiger partial charge in [0.15, 0.2) is 13.2 Å². The molecule has 0 fully saturated rings. The van der Waals surface area contributed by atoms with Gasteiger partial charge in [-0.25, -0.2) is 9.18 Å². The van der Waals surface area contributed by atoms with E-state index in [0.717, 1.165) is 6.07 Å². The van der Waals surface area contributed by atoms with Gasteiger partial charge in [-0.2, -0.15) is 0 Å². The van der Waals surface area contributed by atoms with Crippen molar-refractivity contribution in [3.8, 4) is 11.5 Å². The standard InChI is InChI=1S/C18H18FNO5/c1-2-23-15-6-8-16(9-7-15)24-12-18(22)25-11-17(21)20-14-5-3-4-13(19)10-14/h3-10H,2,11-12H2,1H3,(H,20,21). The first-order chi connectivity index (χ1) is 12.1. The molecule has 0 bridgehead atoms. The fraction of sp³-hybridized carbons (Fsp3) is 0.222. The summed E-state index contributed by atoms with van der Waals surface area (Å²) in [6, 6.07) is 12.2. The van der Waals surface area contributed by atoms with Crippen LogP contribution in [-0.4, -0.2) is 31.7 Å². The van der Waals surface area contributed by atoms with Crippen LogP contribution < -0.4 is 14.8 Å². The average Bonchev–Trinajstić information content (AvgIpc) is 2.60. The minimum absolute atomic E-state index is 0.284. The quantitative estimate of drug-likeness (QED) is 0.743. The lowest BCUT2D eigenvalue weighted by atomic mass is 10.3. The third-order valence-corrected chi connectivity index (χ3v) is 2.96. The summed E-state index contributed by atoms with van der Waals surface area (Å²) < 4.78 is 28.3. The minimum Gasteiger partial charge on any atom is -0.494 e. The SMILES string of the molecule is CCOc1ccc(OCC(=O)OCC(=O)Nc2cccc(F)c2)cc1. The monoisotopic (exact) mass is 347 g/mol. The van der Waals surface area contributed by atoms with Crippen LogP contribution in [0.25, 0.3) is 0 Å². The highest BCUT2D eigenvalue weighted by molar-refractivity contribution is 5.92. The Morgan fingerprint density at radius 3 is 2.32 bits per heavy atom. The number of rotatable bonds is 8. The van der Waals surface area contributed by atoms with Gasteiger partial charge in [-0.15, -0.1) is 0 Å². The second-order valence-corrected chi connectivity index (χ2v) is 4.91. The van der Waals surface area contributed by atoms with Crippen molar-refractivity contribution in [1.82, 2.24) is 0 Å². The van der Waals surface area contributed by atoms with Crippen molar-refractivity contribution in [3.05, 3.63) is 54.3 Å². The number of carbonyl (C=O) groups excluding carboxylic acids is 2. The molecule has 0 aromatic heterocycles. The summed E-state index contributed by atoms with van der Waals surface area (Å²) in [7, 11) is 0. The number of hydrogen-bond acceptors (Lipinski definition) is 5. The van der Waals surface area contributed by atoms with E-state index in [-0.39, 0.29) is 12.3 Å². The van der Waals surface area contributed by atoms with Crippen LogP contribution in [0, 0.1) is 5.82 Å². The van der Waals surface area contributed by atoms with Gasteiger partial charge in [0.2, 0.25) is 0 Å². The zero-order chi connectivity index (χ0) is 18.1. The summed E-state index contributed by atoms with van der Waals surface area (Å²) in [4.78, 5) is 23.2. The third-order valence-electron chi connectivity index (χ3n) is 2.96. The van der Waals surface area contributed by atoms with E-state index in [2.05, 4.69) is 5.32 Å². The fourth-order valence-corrected chi connectivity index (χ4v) is 1.89. The zero-order valence-corrected chi connectivity index (χ0v) is 13.7. The summed E-state index contributed by atoms with van der Waals surface area (Å²) in [5.74, 6) is -0.557. The molecule has 2 aromatic rings. The van der Waals surface area contributed by atoms with E-state index in [1.807, 2.05) is 6.92 Å². The highest BCUT2D eigenvalue weighted by atomic mass is 19.1. The number of esters is 1. The second-order valence-electron chi connectivity index (χ2n) is 4.91. The molecule has 6 nitrogen and oxygen atoms in total. The molecule has 1 amide bonds. The average molecular weight is 347 g/mol. The first-order valence-corrected chi connectivity index (χ1v) is 7.63. The van der Waals surface area contributed by atoms with E-state index in [9.17, 15) is 14.0 Å². The number of halogens is 1. The Morgan fingerprint density at radius 2 is 1.68 bits per heavy atom. The van der Waals surface area contributed by atoms with Crippen LogP contribution in [0.1, 0.15) is 6.92 Å². The van der Waals surface area contributed by atoms with Crippen LogP contribution in [0.5, 0.6) is 11.5 Å². The van der Waals surface area contributed by atoms with Gasteiger partial charge in [0.1, 0.15) is 17.3 Å². The lowest BCUT2D eigenvalue weighted by Crippen LogP contribution is -2.23. The molecule has 25 heavy (non-hydrogen) atoms. The number of hydrogen-bond donors (Lipinski definition) is 1. The molecule has 0 saturated carbocycles. The predicted molar refractivity (Wildman–Crippen MR) is 89.1 cm³/mol. The van der Waals surface area contributed by atoms with Crippen molar-refractivity contribution in [3.63, 3.8) is 0 Å². The van der Waals surface area contributed by atoms with E-state index in [1.54, 1.807) is 24.3 Å². The van der Waals surface area contributed by atoms with Gasteiger partial charge in [-0.05, 0) is 49.4 Å². The molecular weight excluding hydrogens is 329 g/mol. The van der Waals surface area contributed by atoms with Crippen LogP contribution in [-0.2, 0) is 14.3 Å². The van der Waals surface area contributed by atoms with E-state index in [4.69, 9.17) is 14.2 Å². The largest absolute Gasteiger partial charge is 0.494 e. The Balaban J connectivity index is 1.70. The number of ether oxygens (including phenoxy) is 3. The first kappa shape index (κ1) is 18.3. The minimum atomic E-state index is -0.691. The molecule has 1 N–H and O–H groups in total. The van der Waals surface area contributed by atoms with Crippen LogP contribution in [0.3, 0.4) is 0 Å². The second kappa shape index (κ2) is 9.27. The normalized spacial score (nSPS) is 10.0. The maximum Gasteiger partial charge on any atom is 0.344 e. The van der Waals surface area contributed by atoms with E-state index < -0.39 is 24.3 Å². The van der Waals surface area contributed by atoms with Crippen molar-refractivity contribution in [2.45, 2.75) is 6.92 Å². The number of benzene rings is 2. The van der Waals surface area contributed by atoms with E-state index in [1.165, 1.54) is 18.2 Å². The topological polar surface area (TPSA) is 73.9 Å². The number of amides is 1. The summed E-state index contributed by atoms with van der Waals surface area (Å²) in [5.41, 5.74) is 0.284. The van der Waals surface area contributed by atoms with E-state index in [0.29, 0.717) is 18.1 Å². The molecule has 0 aliphatic carbocycles. The number of carbonyl (C=O) groups is 2. The van der Waals surface area contributed by atoms with E-state index >= 15 is 0 Å². The molecule has 2 rings (SSSR count). The zero-order valence-electron chi connectivity index (χ0n) is 13.7. The fourth-order valence-electron chi connectivity index (χ4n) is 1.89. The van der Waals surface area contributed by atoms with Crippen LogP contribution in [0.2, 0.25) is 0 Å². The summed E-state index contributed by atoms with van der Waals surface area (Å²) >= 11 is 0. The van der Waals surface area contributed by atoms with Gasteiger partial charge in [-0.1, -0.05) is 6.07 Å². The van der Waals surface area contributed by atoms with Crippen molar-refractivity contribution in [2.75, 3.05) is 25.1 Å². The van der Waals surface area contributed by atoms with Crippen molar-refractivity contribution < 1.29 is 28.2 Å². The highest BCUT2D eigenvalue weighted by Gasteiger charge is 2.09. The molecule has 0 aliphatic rings. The molecule has 0 aliphatic heterocycles. The highest BCUT2D eigenvalue weighted by Crippen LogP contribution is 2.17. The Kier molecular flexibility index (Phi) is 6.76. The maximum atomic E-state index is 13.0. The molecule has 0 saturated heterocycles. The maximum absolute atomic E-state index is 13.0. The van der Waals surface area contributed by atoms with Crippen LogP contribution >= 0.6 is 0 Å². The molecule has 0 spiro atoms. The summed E-state index contributed by atoms with van der Waals surface area (Å²) in [6.07, 6.45) is 0. The molecular formula is C18H18FNO5. The molecule has 0 heterocycles. The molecule has 7 heteroatoms. The Morgan fingerprint density at radius 1 is 1.00 bits per heavy atom. The Labute approximate surface area is 144 Å². The summed E-state index contributed by atoms with van der Waals surface area (Å²) in [5, 5.41) is 2.42.